The van der Waals surface area contributed by atoms with E-state index in [1.807, 2.05) is 0 Å². The first-order valence-electron chi connectivity index (χ1n) is 5.28. The molecular weight excluding hydrogens is 562 g/mol. The molecule has 0 aliphatic carbocycles. The number of hydrogen-bond donors (Lipinski definition) is 1. The maximum absolute atomic E-state index is 13.8. The molecule has 7 nitrogen and oxygen atoms in total. The minimum absolute atomic E-state index is 0. The van der Waals surface area contributed by atoms with Crippen LogP contribution in [0.2, 0.25) is 0 Å². The predicted molar refractivity (Wildman–Crippen MR) is 63.0 cm³/mol. The second-order valence-electron chi connectivity index (χ2n) is 3.90. The molecule has 0 aliphatic heterocycles. The third kappa shape index (κ3) is 3.39. The molecule has 1 heterocycles. The third-order valence-electron chi connectivity index (χ3n) is 2.73. The Morgan fingerprint density at radius 1 is 1.43 bits per heavy atom. The molecule has 0 radical (unpaired) electrons. The summed E-state index contributed by atoms with van der Waals surface area (Å²) in [4.78, 5) is 9.69. The number of rotatable bonds is 3. The number of aryl methyl sites for hydroxylation is 1. The second-order valence-corrected chi connectivity index (χ2v) is 3.90. The van der Waals surface area contributed by atoms with Crippen molar-refractivity contribution in [3.63, 3.8) is 0 Å². The summed E-state index contributed by atoms with van der Waals surface area (Å²) in [7, 11) is 1.70. The van der Waals surface area contributed by atoms with E-state index in [9.17, 15) is 19.6 Å². The van der Waals surface area contributed by atoms with Crippen LogP contribution in [0.5, 0.6) is 5.75 Å². The Kier molecular flexibility index (Phi) is 6.09. The van der Waals surface area contributed by atoms with Crippen molar-refractivity contribution >= 4 is 5.69 Å². The van der Waals surface area contributed by atoms with Gasteiger partial charge in [-0.2, -0.15) is 6.07 Å². The number of phenolic OH excluding ortho intramolecular Hbond substituents is 1. The molecule has 1 N–H and O–H groups in total. The zero-order chi connectivity index (χ0) is 14.2. The van der Waals surface area contributed by atoms with Crippen molar-refractivity contribution < 1.29 is 52.2 Å². The van der Waals surface area contributed by atoms with Crippen LogP contribution < -0.4 is 0 Å². The van der Waals surface area contributed by atoms with Crippen molar-refractivity contribution in [1.82, 2.24) is 14.8 Å². The van der Waals surface area contributed by atoms with Gasteiger partial charge in [0.15, 0.2) is 5.75 Å². The van der Waals surface area contributed by atoms with Crippen molar-refractivity contribution in [2.75, 3.05) is 0 Å². The number of nitro groups is 1. The smallest absolute Gasteiger partial charge is 0.289 e. The fraction of sp³-hybridized carbons (Fsp3) is 0.182. The third-order valence-corrected chi connectivity index (χ3v) is 2.73. The fourth-order valence-electron chi connectivity index (χ4n) is 1.52. The van der Waals surface area contributed by atoms with Gasteiger partial charge in [0.2, 0.25) is 0 Å². The maximum atomic E-state index is 13.8. The van der Waals surface area contributed by atoms with Crippen LogP contribution in [-0.2, 0) is 7.05 Å². The summed E-state index contributed by atoms with van der Waals surface area (Å²) >= 11 is 0. The number of hydrogen-bond acceptors (Lipinski definition) is 5. The minimum atomic E-state index is -1.06. The van der Waals surface area contributed by atoms with E-state index in [2.05, 4.69) is 10.2 Å². The summed E-state index contributed by atoms with van der Waals surface area (Å²) in [5, 5.41) is 27.6. The predicted octanol–water partition coefficient (Wildman–Crippen LogP) is 1.48. The number of aromatic hydroxyl groups is 1. The fourth-order valence-corrected chi connectivity index (χ4v) is 1.52. The molecule has 2 aromatic rings. The summed E-state index contributed by atoms with van der Waals surface area (Å²) in [5.74, 6) is -1.03. The van der Waals surface area contributed by atoms with Crippen LogP contribution in [0, 0.1) is 67.0 Å². The van der Waals surface area contributed by atoms with Gasteiger partial charge in [0.1, 0.15) is 11.6 Å². The van der Waals surface area contributed by atoms with Crippen LogP contribution in [0.3, 0.4) is 0 Å². The molecule has 0 saturated carbocycles. The molecule has 0 amide bonds. The molecule has 21 heavy (non-hydrogen) atoms. The molecule has 1 aromatic heterocycles. The molecular formula is C11H10ArFN4O3Rf-. The topological polar surface area (TPSA) is 94.1 Å². The maximum Gasteiger partial charge on any atom is 0.289 e. The molecule has 0 bridgehead atoms. The van der Waals surface area contributed by atoms with Gasteiger partial charge in [0.05, 0.1) is 10.7 Å². The van der Waals surface area contributed by atoms with Crippen molar-refractivity contribution in [3.05, 3.63) is 51.7 Å². The molecule has 2 rings (SSSR count). The Morgan fingerprint density at radius 2 is 2.05 bits per heavy atom. The molecule has 0 fully saturated rings. The molecule has 10 heteroatoms. The SMILES string of the molecule is Cc1nnc([CH-]c2ccc([N+](=O)[O-])c(O)c2F)n1C.[Ar].[Rf]. The number of halogens is 1. The van der Waals surface area contributed by atoms with Gasteiger partial charge in [0.25, 0.3) is 5.69 Å². The van der Waals surface area contributed by atoms with Crippen LogP contribution in [0.1, 0.15) is 17.2 Å². The van der Waals surface area contributed by atoms with Gasteiger partial charge in [-0.15, -0.1) is 22.2 Å². The Balaban J connectivity index is 0.00000200. The van der Waals surface area contributed by atoms with E-state index in [0.717, 1.165) is 6.07 Å². The van der Waals surface area contributed by atoms with Gasteiger partial charge in [-0.05, 0) is 13.0 Å². The normalized spacial score (nSPS) is 9.48. The average Bonchev–Trinajstić information content (AvgIpc) is 2.66. The Bertz CT molecular complexity index is 665. The first-order chi connectivity index (χ1) is 8.91. The molecule has 110 valence electrons. The zero-order valence-electron chi connectivity index (χ0n) is 11.2. The van der Waals surface area contributed by atoms with Crippen LogP contribution in [-0.4, -0.2) is 24.8 Å². The van der Waals surface area contributed by atoms with E-state index < -0.39 is 22.2 Å². The Labute approximate surface area is 143 Å². The van der Waals surface area contributed by atoms with Gasteiger partial charge >= 0.3 is 0 Å². The molecule has 0 spiro atoms. The van der Waals surface area contributed by atoms with Crippen LogP contribution in [0.25, 0.3) is 0 Å². The van der Waals surface area contributed by atoms with Gasteiger partial charge < -0.3 is 9.67 Å². The standard InChI is InChI=1S/C11H10FN4O3.Ar.Rf/c1-6-13-14-9(15(6)2)5-7-3-4-8(16(18)19)11(17)10(7)12;;/h3-5,17H,1-2H3;;/q-1;;. The monoisotopic (exact) mass is 572 g/mol. The van der Waals surface area contributed by atoms with Crippen LogP contribution in [0.15, 0.2) is 12.1 Å². The first-order valence-corrected chi connectivity index (χ1v) is 5.28. The molecule has 1 aromatic carbocycles. The number of nitrogens with zero attached hydrogens (tertiary/aromatic N) is 4. The Hall–Kier alpha value is -2.38. The molecule has 0 saturated heterocycles. The van der Waals surface area contributed by atoms with E-state index >= 15 is 0 Å². The van der Waals surface area contributed by atoms with E-state index in [4.69, 9.17) is 0 Å². The van der Waals surface area contributed by atoms with E-state index in [-0.39, 0.29) is 43.3 Å². The number of aromatic nitrogens is 3. The summed E-state index contributed by atoms with van der Waals surface area (Å²) in [6, 6.07) is 2.24. The number of nitro benzene ring substituents is 1. The average molecular weight is 572 g/mol. The number of phenols is 1. The summed E-state index contributed by atoms with van der Waals surface area (Å²) in [6.07, 6.45) is 1.35. The Morgan fingerprint density at radius 3 is 2.52 bits per heavy atom. The molecule has 0 aliphatic rings. The summed E-state index contributed by atoms with van der Waals surface area (Å²) in [6.45, 7) is 1.73. The van der Waals surface area contributed by atoms with Crippen LogP contribution >= 0.6 is 0 Å². The first kappa shape index (κ1) is 18.6. The van der Waals surface area contributed by atoms with Gasteiger partial charge in [-0.1, -0.05) is 0 Å². The zero-order valence-corrected chi connectivity index (χ0v) is 18.3. The minimum Gasteiger partial charge on any atom is -0.511 e. The quantitative estimate of drug-likeness (QED) is 0.342. The van der Waals surface area contributed by atoms with Gasteiger partial charge in [-0.3, -0.25) is 14.5 Å². The summed E-state index contributed by atoms with van der Waals surface area (Å²) < 4.78 is 15.4. The molecule has 0 unspecified atom stereocenters. The van der Waals surface area contributed by atoms with Gasteiger partial charge in [-0.25, -0.2) is 0 Å². The van der Waals surface area contributed by atoms with Gasteiger partial charge in [0, 0.05) is 44.8 Å². The van der Waals surface area contributed by atoms with E-state index in [1.54, 1.807) is 18.5 Å². The van der Waals surface area contributed by atoms with E-state index in [1.165, 1.54) is 12.5 Å². The molecule has 0 atom stereocenters. The second kappa shape index (κ2) is 6.87. The largest absolute Gasteiger partial charge is 0.511 e. The van der Waals surface area contributed by atoms with Crippen molar-refractivity contribution in [1.29, 1.82) is 0 Å². The van der Waals surface area contributed by atoms with Crippen molar-refractivity contribution in [3.8, 4) is 5.75 Å². The summed E-state index contributed by atoms with van der Waals surface area (Å²) in [5.41, 5.74) is -0.678. The van der Waals surface area contributed by atoms with Crippen molar-refractivity contribution in [2.24, 2.45) is 7.05 Å². The van der Waals surface area contributed by atoms with Crippen molar-refractivity contribution in [2.45, 2.75) is 6.92 Å². The van der Waals surface area contributed by atoms with Crippen LogP contribution in [0.4, 0.5) is 10.1 Å². The number of benzene rings is 1. The van der Waals surface area contributed by atoms with E-state index in [0.29, 0.717) is 11.6 Å².